The molecule has 1 aliphatic heterocycles. The van der Waals surface area contributed by atoms with Gasteiger partial charge in [-0.05, 0) is 46.9 Å². The highest BCUT2D eigenvalue weighted by atomic mass is 19.1. The third kappa shape index (κ3) is 4.65. The van der Waals surface area contributed by atoms with Crippen molar-refractivity contribution in [2.75, 3.05) is 14.2 Å². The van der Waals surface area contributed by atoms with Crippen LogP contribution in [0.5, 0.6) is 11.5 Å². The van der Waals surface area contributed by atoms with Crippen molar-refractivity contribution in [3.8, 4) is 22.6 Å². The van der Waals surface area contributed by atoms with E-state index in [0.29, 0.717) is 17.9 Å². The van der Waals surface area contributed by atoms with E-state index < -0.39 is 18.2 Å². The lowest BCUT2D eigenvalue weighted by molar-refractivity contribution is -0.156. The van der Waals surface area contributed by atoms with Crippen LogP contribution in [0.3, 0.4) is 0 Å². The first-order valence-electron chi connectivity index (χ1n) is 9.94. The second kappa shape index (κ2) is 9.30. The number of esters is 1. The summed E-state index contributed by atoms with van der Waals surface area (Å²) in [6.45, 7) is 4.13. The van der Waals surface area contributed by atoms with Crippen molar-refractivity contribution in [3.05, 3.63) is 53.4 Å². The van der Waals surface area contributed by atoms with Crippen molar-refractivity contribution in [1.29, 1.82) is 0 Å². The molecule has 6 heteroatoms. The molecule has 0 spiro atoms. The summed E-state index contributed by atoms with van der Waals surface area (Å²) in [5.41, 5.74) is 3.41. The molecule has 0 bridgehead atoms. The molecular formula is C24H27FO5. The van der Waals surface area contributed by atoms with E-state index in [1.807, 2.05) is 12.1 Å². The first kappa shape index (κ1) is 21.8. The second-order valence-corrected chi connectivity index (χ2v) is 7.63. The van der Waals surface area contributed by atoms with E-state index in [-0.39, 0.29) is 18.2 Å². The summed E-state index contributed by atoms with van der Waals surface area (Å²) in [5, 5.41) is 9.89. The Morgan fingerprint density at radius 2 is 1.90 bits per heavy atom. The number of benzene rings is 2. The Kier molecular flexibility index (Phi) is 6.77. The van der Waals surface area contributed by atoms with Crippen LogP contribution in [0.2, 0.25) is 0 Å². The molecule has 30 heavy (non-hydrogen) atoms. The van der Waals surface area contributed by atoms with Crippen molar-refractivity contribution in [3.63, 3.8) is 0 Å². The number of carbonyl (C=O) groups is 1. The van der Waals surface area contributed by atoms with Gasteiger partial charge in [-0.25, -0.2) is 4.39 Å². The predicted molar refractivity (Wildman–Crippen MR) is 113 cm³/mol. The van der Waals surface area contributed by atoms with Gasteiger partial charge < -0.3 is 19.3 Å². The Balaban J connectivity index is 2.19. The van der Waals surface area contributed by atoms with Gasteiger partial charge in [0, 0.05) is 12.0 Å². The molecule has 2 aromatic carbocycles. The molecule has 1 N–H and O–H groups in total. The summed E-state index contributed by atoms with van der Waals surface area (Å²) in [6.07, 6.45) is 2.78. The molecule has 3 rings (SSSR count). The summed E-state index contributed by atoms with van der Waals surface area (Å²) in [7, 11) is 3.14. The first-order valence-corrected chi connectivity index (χ1v) is 9.94. The number of methoxy groups -OCH3 is 2. The van der Waals surface area contributed by atoms with Crippen LogP contribution in [0.1, 0.15) is 43.7 Å². The van der Waals surface area contributed by atoms with Gasteiger partial charge in [0.05, 0.1) is 26.7 Å². The number of aliphatic hydroxyl groups excluding tert-OH is 1. The minimum atomic E-state index is -0.715. The maximum absolute atomic E-state index is 13.6. The fourth-order valence-corrected chi connectivity index (χ4v) is 3.72. The largest absolute Gasteiger partial charge is 0.493 e. The number of cyclic esters (lactones) is 1. The van der Waals surface area contributed by atoms with E-state index >= 15 is 0 Å². The van der Waals surface area contributed by atoms with Crippen molar-refractivity contribution < 1.29 is 28.5 Å². The number of hydrogen-bond acceptors (Lipinski definition) is 5. The summed E-state index contributed by atoms with van der Waals surface area (Å²) >= 11 is 0. The quantitative estimate of drug-likeness (QED) is 0.694. The molecule has 0 aromatic heterocycles. The number of aliphatic hydroxyl groups is 1. The first-order chi connectivity index (χ1) is 14.3. The minimum Gasteiger partial charge on any atom is -0.493 e. The lowest BCUT2D eigenvalue weighted by Crippen LogP contribution is -2.31. The molecular weight excluding hydrogens is 387 g/mol. The van der Waals surface area contributed by atoms with Crippen LogP contribution in [-0.2, 0) is 9.53 Å². The second-order valence-electron chi connectivity index (χ2n) is 7.63. The Hall–Kier alpha value is -2.86. The summed E-state index contributed by atoms with van der Waals surface area (Å²) in [5.74, 6) is 0.526. The zero-order valence-electron chi connectivity index (χ0n) is 17.6. The van der Waals surface area contributed by atoms with Gasteiger partial charge in [0.15, 0.2) is 11.5 Å². The van der Waals surface area contributed by atoms with E-state index in [1.165, 1.54) is 12.1 Å². The number of halogens is 1. The fourth-order valence-electron chi connectivity index (χ4n) is 3.72. The summed E-state index contributed by atoms with van der Waals surface area (Å²) < 4.78 is 30.2. The molecule has 2 unspecified atom stereocenters. The van der Waals surface area contributed by atoms with E-state index in [1.54, 1.807) is 32.4 Å². The topological polar surface area (TPSA) is 65.0 Å². The molecule has 1 aliphatic rings. The Bertz CT molecular complexity index is 934. The van der Waals surface area contributed by atoms with E-state index in [2.05, 4.69) is 13.8 Å². The normalized spacial score (nSPS) is 19.2. The van der Waals surface area contributed by atoms with Crippen molar-refractivity contribution in [1.82, 2.24) is 0 Å². The van der Waals surface area contributed by atoms with Gasteiger partial charge in [-0.3, -0.25) is 4.79 Å². The van der Waals surface area contributed by atoms with Gasteiger partial charge >= 0.3 is 5.97 Å². The van der Waals surface area contributed by atoms with Crippen LogP contribution in [0.4, 0.5) is 4.39 Å². The molecule has 0 aliphatic carbocycles. The monoisotopic (exact) mass is 414 g/mol. The maximum Gasteiger partial charge on any atom is 0.309 e. The fraction of sp³-hybridized carbons (Fsp3) is 0.375. The number of hydrogen-bond donors (Lipinski definition) is 1. The SMILES string of the molecule is COc1cc(C(C)C)c(/C=C/C2CC(O)CC(=O)O2)c(-c2ccc(F)cc2)c1OC. The summed E-state index contributed by atoms with van der Waals surface area (Å²) in [6, 6.07) is 8.11. The number of ether oxygens (including phenoxy) is 3. The summed E-state index contributed by atoms with van der Waals surface area (Å²) in [4.78, 5) is 11.7. The highest BCUT2D eigenvalue weighted by Gasteiger charge is 2.26. The molecule has 1 saturated heterocycles. The highest BCUT2D eigenvalue weighted by Crippen LogP contribution is 2.45. The number of rotatable bonds is 6. The molecule has 160 valence electrons. The highest BCUT2D eigenvalue weighted by molar-refractivity contribution is 5.85. The molecule has 0 amide bonds. The van der Waals surface area contributed by atoms with Gasteiger partial charge in [0.25, 0.3) is 0 Å². The van der Waals surface area contributed by atoms with Crippen molar-refractivity contribution >= 4 is 12.0 Å². The molecule has 0 radical (unpaired) electrons. The van der Waals surface area contributed by atoms with Crippen LogP contribution in [0.15, 0.2) is 36.4 Å². The van der Waals surface area contributed by atoms with Crippen LogP contribution < -0.4 is 9.47 Å². The molecule has 0 saturated carbocycles. The predicted octanol–water partition coefficient (Wildman–Crippen LogP) is 4.71. The average molecular weight is 414 g/mol. The maximum atomic E-state index is 13.6. The van der Waals surface area contributed by atoms with Gasteiger partial charge in [0.2, 0.25) is 0 Å². The van der Waals surface area contributed by atoms with E-state index in [4.69, 9.17) is 14.2 Å². The van der Waals surface area contributed by atoms with Crippen LogP contribution >= 0.6 is 0 Å². The lowest BCUT2D eigenvalue weighted by Gasteiger charge is -2.24. The lowest BCUT2D eigenvalue weighted by atomic mass is 9.88. The third-order valence-corrected chi connectivity index (χ3v) is 5.16. The third-order valence-electron chi connectivity index (χ3n) is 5.16. The standard InChI is InChI=1S/C24H27FO5/c1-14(2)20-13-21(28-3)24(29-4)23(15-5-7-16(25)8-6-15)19(20)10-9-18-11-17(26)12-22(27)30-18/h5-10,13-14,17-18,26H,11-12H2,1-4H3/b10-9+. The zero-order valence-corrected chi connectivity index (χ0v) is 17.6. The van der Waals surface area contributed by atoms with Gasteiger partial charge in [0.1, 0.15) is 11.9 Å². The van der Waals surface area contributed by atoms with Gasteiger partial charge in [-0.15, -0.1) is 0 Å². The smallest absolute Gasteiger partial charge is 0.309 e. The molecule has 1 heterocycles. The Morgan fingerprint density at radius 1 is 1.20 bits per heavy atom. The molecule has 1 fully saturated rings. The molecule has 2 atom stereocenters. The van der Waals surface area contributed by atoms with E-state index in [9.17, 15) is 14.3 Å². The van der Waals surface area contributed by atoms with Crippen LogP contribution in [-0.4, -0.2) is 37.5 Å². The molecule has 2 aromatic rings. The van der Waals surface area contributed by atoms with Crippen molar-refractivity contribution in [2.45, 2.75) is 44.8 Å². The Morgan fingerprint density at radius 3 is 2.47 bits per heavy atom. The van der Waals surface area contributed by atoms with E-state index in [0.717, 1.165) is 22.3 Å². The van der Waals surface area contributed by atoms with Gasteiger partial charge in [-0.2, -0.15) is 0 Å². The Labute approximate surface area is 176 Å². The zero-order chi connectivity index (χ0) is 21.8. The molecule has 5 nitrogen and oxygen atoms in total. The van der Waals surface area contributed by atoms with Crippen LogP contribution in [0, 0.1) is 5.82 Å². The van der Waals surface area contributed by atoms with Crippen LogP contribution in [0.25, 0.3) is 17.2 Å². The number of carbonyl (C=O) groups excluding carboxylic acids is 1. The minimum absolute atomic E-state index is 0.0127. The average Bonchev–Trinajstić information content (AvgIpc) is 2.70. The van der Waals surface area contributed by atoms with Gasteiger partial charge in [-0.1, -0.05) is 32.1 Å². The van der Waals surface area contributed by atoms with Crippen molar-refractivity contribution in [2.24, 2.45) is 0 Å².